The first kappa shape index (κ1) is 21.5. The van der Waals surface area contributed by atoms with E-state index in [0.29, 0.717) is 9.73 Å². The second-order valence-corrected chi connectivity index (χ2v) is 12.6. The van der Waals surface area contributed by atoms with Crippen LogP contribution in [0.3, 0.4) is 0 Å². The molecule has 0 aromatic rings. The van der Waals surface area contributed by atoms with E-state index in [1.54, 1.807) is 5.57 Å². The van der Waals surface area contributed by atoms with Crippen molar-refractivity contribution >= 4 is 16.0 Å². The Kier molecular flexibility index (Phi) is 6.43. The van der Waals surface area contributed by atoms with E-state index in [1.165, 1.54) is 70.6 Å². The minimum atomic E-state index is -0.0297. The summed E-state index contributed by atoms with van der Waals surface area (Å²) in [5, 5.41) is 10.2. The maximum absolute atomic E-state index is 10.2. The molecule has 1 N–H and O–H groups in total. The quantitative estimate of drug-likeness (QED) is 0.359. The van der Waals surface area contributed by atoms with E-state index in [9.17, 15) is 5.11 Å². The molecule has 0 heterocycles. The van der Waals surface area contributed by atoms with Crippen LogP contribution in [0.1, 0.15) is 104 Å². The van der Waals surface area contributed by atoms with Crippen LogP contribution in [-0.4, -0.2) is 27.2 Å². The number of hydrogen-bond donors (Lipinski definition) is 1. The number of aliphatic hydroxyl groups excluding tert-OH is 1. The zero-order valence-corrected chi connectivity index (χ0v) is 20.3. The molecule has 28 heavy (non-hydrogen) atoms. The number of aliphatic hydroxyl groups is 1. The topological polar surface area (TPSA) is 20.2 Å². The van der Waals surface area contributed by atoms with Crippen molar-refractivity contribution in [3.63, 3.8) is 0 Å². The molecule has 1 nitrogen and oxygen atoms in total. The molecule has 4 aliphatic rings. The first-order valence-corrected chi connectivity index (χ1v) is 13.3. The first-order chi connectivity index (χ1) is 13.4. The summed E-state index contributed by atoms with van der Waals surface area (Å²) >= 11 is 3.76. The number of rotatable bonds is 5. The Labute approximate surface area is 182 Å². The van der Waals surface area contributed by atoms with Crippen LogP contribution in [0, 0.1) is 35.0 Å². The van der Waals surface area contributed by atoms with E-state index in [-0.39, 0.29) is 6.10 Å². The molecule has 8 atom stereocenters. The SMILES string of the molecule is C/C=C(\CC)CCCC1CCC2C3CCC4CC(O)CCC4([Se])C3CCC12C. The Morgan fingerprint density at radius 1 is 1.07 bits per heavy atom. The summed E-state index contributed by atoms with van der Waals surface area (Å²) in [5.74, 6) is 4.54. The van der Waals surface area contributed by atoms with Gasteiger partial charge in [0.15, 0.2) is 0 Å². The fourth-order valence-corrected chi connectivity index (χ4v) is 9.78. The predicted octanol–water partition coefficient (Wildman–Crippen LogP) is 6.85. The zero-order chi connectivity index (χ0) is 19.9. The van der Waals surface area contributed by atoms with E-state index in [2.05, 4.69) is 42.9 Å². The maximum atomic E-state index is 10.2. The van der Waals surface area contributed by atoms with Gasteiger partial charge in [0.1, 0.15) is 0 Å². The molecular formula is C26H43OSe. The molecular weight excluding hydrogens is 407 g/mol. The van der Waals surface area contributed by atoms with Crippen LogP contribution in [-0.2, 0) is 0 Å². The van der Waals surface area contributed by atoms with Crippen molar-refractivity contribution in [3.05, 3.63) is 11.6 Å². The second-order valence-electron chi connectivity index (χ2n) is 11.0. The molecule has 0 aromatic carbocycles. The number of hydrogen-bond acceptors (Lipinski definition) is 1. The van der Waals surface area contributed by atoms with Crippen molar-refractivity contribution in [1.82, 2.24) is 0 Å². The first-order valence-electron chi connectivity index (χ1n) is 12.4. The van der Waals surface area contributed by atoms with Crippen LogP contribution in [0.4, 0.5) is 0 Å². The molecule has 2 heteroatoms. The average Bonchev–Trinajstić information content (AvgIpc) is 3.02. The van der Waals surface area contributed by atoms with Gasteiger partial charge in [0.05, 0.1) is 0 Å². The third kappa shape index (κ3) is 3.58. The van der Waals surface area contributed by atoms with Gasteiger partial charge in [-0.2, -0.15) is 0 Å². The van der Waals surface area contributed by atoms with Gasteiger partial charge in [0.25, 0.3) is 0 Å². The summed E-state index contributed by atoms with van der Waals surface area (Å²) in [6.45, 7) is 7.21. The van der Waals surface area contributed by atoms with Gasteiger partial charge in [-0.15, -0.1) is 0 Å². The Morgan fingerprint density at radius 3 is 2.64 bits per heavy atom. The monoisotopic (exact) mass is 451 g/mol. The summed E-state index contributed by atoms with van der Waals surface area (Å²) < 4.78 is 0.406. The fourth-order valence-electron chi connectivity index (χ4n) is 8.47. The van der Waals surface area contributed by atoms with Gasteiger partial charge in [0, 0.05) is 0 Å². The molecule has 0 bridgehead atoms. The van der Waals surface area contributed by atoms with E-state index < -0.39 is 0 Å². The molecule has 0 spiro atoms. The van der Waals surface area contributed by atoms with Gasteiger partial charge < -0.3 is 0 Å². The third-order valence-corrected chi connectivity index (χ3v) is 11.9. The fraction of sp³-hybridized carbons (Fsp3) is 0.923. The molecule has 0 aliphatic heterocycles. The average molecular weight is 451 g/mol. The number of fused-ring (bicyclic) bond motifs is 5. The van der Waals surface area contributed by atoms with Crippen LogP contribution < -0.4 is 0 Å². The van der Waals surface area contributed by atoms with Crippen LogP contribution in [0.5, 0.6) is 0 Å². The van der Waals surface area contributed by atoms with Crippen molar-refractivity contribution in [2.75, 3.05) is 0 Å². The third-order valence-electron chi connectivity index (χ3n) is 10.1. The molecule has 8 unspecified atom stereocenters. The van der Waals surface area contributed by atoms with Gasteiger partial charge in [0.2, 0.25) is 0 Å². The summed E-state index contributed by atoms with van der Waals surface area (Å²) in [6.07, 6.45) is 19.8. The molecule has 4 aliphatic carbocycles. The van der Waals surface area contributed by atoms with Crippen LogP contribution >= 0.6 is 0 Å². The van der Waals surface area contributed by atoms with Gasteiger partial charge >= 0.3 is 182 Å². The molecule has 159 valence electrons. The molecule has 4 rings (SSSR count). The Bertz CT molecular complexity index is 585. The molecule has 4 fully saturated rings. The van der Waals surface area contributed by atoms with Crippen molar-refractivity contribution in [2.45, 2.75) is 115 Å². The van der Waals surface area contributed by atoms with E-state index in [4.69, 9.17) is 0 Å². The zero-order valence-electron chi connectivity index (χ0n) is 18.6. The van der Waals surface area contributed by atoms with Gasteiger partial charge in [-0.3, -0.25) is 0 Å². The van der Waals surface area contributed by atoms with Gasteiger partial charge in [-0.05, 0) is 0 Å². The van der Waals surface area contributed by atoms with Gasteiger partial charge in [-0.25, -0.2) is 0 Å². The summed E-state index contributed by atoms with van der Waals surface area (Å²) in [5.41, 5.74) is 2.27. The van der Waals surface area contributed by atoms with E-state index >= 15 is 0 Å². The predicted molar refractivity (Wildman–Crippen MR) is 119 cm³/mol. The standard InChI is InChI=1S/C26H43OSe/c1-4-18(5-2)7-6-8-19-10-12-23-22-11-9-20-17-21(27)13-16-26(20,28)24(22)14-15-25(19,23)3/h4,19-24,27H,5-17H2,1-3H3/b18-4+. The summed E-state index contributed by atoms with van der Waals surface area (Å²) in [6, 6.07) is 0. The second kappa shape index (κ2) is 8.39. The van der Waals surface area contributed by atoms with Crippen molar-refractivity contribution < 1.29 is 5.11 Å². The minimum absolute atomic E-state index is 0.0297. The normalized spacial score (nSPS) is 48.7. The molecule has 0 saturated heterocycles. The molecule has 0 amide bonds. The summed E-state index contributed by atoms with van der Waals surface area (Å²) in [4.78, 5) is 0. The van der Waals surface area contributed by atoms with E-state index in [0.717, 1.165) is 42.4 Å². The van der Waals surface area contributed by atoms with Gasteiger partial charge in [-0.1, -0.05) is 0 Å². The summed E-state index contributed by atoms with van der Waals surface area (Å²) in [7, 11) is 0. The molecule has 1 radical (unpaired) electrons. The Hall–Kier alpha value is 0.219. The molecule has 0 aromatic heterocycles. The van der Waals surface area contributed by atoms with Crippen LogP contribution in [0.2, 0.25) is 4.31 Å². The van der Waals surface area contributed by atoms with Crippen molar-refractivity contribution in [1.29, 1.82) is 0 Å². The van der Waals surface area contributed by atoms with Crippen molar-refractivity contribution in [2.24, 2.45) is 35.0 Å². The molecule has 4 saturated carbocycles. The van der Waals surface area contributed by atoms with Crippen LogP contribution in [0.25, 0.3) is 0 Å². The van der Waals surface area contributed by atoms with E-state index in [1.807, 2.05) is 0 Å². The van der Waals surface area contributed by atoms with Crippen LogP contribution in [0.15, 0.2) is 11.6 Å². The number of allylic oxidation sites excluding steroid dienone is 2. The van der Waals surface area contributed by atoms with Crippen molar-refractivity contribution in [3.8, 4) is 0 Å². The Morgan fingerprint density at radius 2 is 1.89 bits per heavy atom. The Balaban J connectivity index is 1.43.